The van der Waals surface area contributed by atoms with E-state index in [-0.39, 0.29) is 12.5 Å². The Kier molecular flexibility index (Phi) is 4.73. The number of carbonyl (C=O) groups excluding carboxylic acids is 1. The number of hydrogen-bond donors (Lipinski definition) is 3. The number of rotatable bonds is 5. The molecule has 1 aliphatic carbocycles. The first kappa shape index (κ1) is 15.0. The summed E-state index contributed by atoms with van der Waals surface area (Å²) in [6.07, 6.45) is 4.26. The summed E-state index contributed by atoms with van der Waals surface area (Å²) < 4.78 is 0. The van der Waals surface area contributed by atoms with Crippen molar-refractivity contribution in [1.29, 1.82) is 0 Å². The molecule has 0 bridgehead atoms. The maximum absolute atomic E-state index is 11.9. The van der Waals surface area contributed by atoms with Crippen LogP contribution in [0, 0.1) is 5.41 Å². The second-order valence-corrected chi connectivity index (χ2v) is 5.70. The molecule has 0 aromatic carbocycles. The molecule has 1 saturated carbocycles. The number of aliphatic carboxylic acids is 1. The smallest absolute Gasteiger partial charge is 0.311 e. The van der Waals surface area contributed by atoms with Crippen LogP contribution in [0.25, 0.3) is 0 Å². The molecule has 0 spiro atoms. The highest BCUT2D eigenvalue weighted by molar-refractivity contribution is 5.86. The number of nitrogens with one attached hydrogen (secondary N) is 2. The van der Waals surface area contributed by atoms with E-state index in [1.54, 1.807) is 20.9 Å². The van der Waals surface area contributed by atoms with Crippen molar-refractivity contribution in [2.45, 2.75) is 51.5 Å². The molecule has 0 saturated heterocycles. The zero-order chi connectivity index (χ0) is 13.8. The van der Waals surface area contributed by atoms with Crippen LogP contribution in [0.4, 0.5) is 0 Å². The molecule has 3 N–H and O–H groups in total. The van der Waals surface area contributed by atoms with Crippen molar-refractivity contribution in [3.63, 3.8) is 0 Å². The lowest BCUT2D eigenvalue weighted by Crippen LogP contribution is -2.54. The molecular formula is C13H24N2O3. The van der Waals surface area contributed by atoms with Gasteiger partial charge in [-0.25, -0.2) is 0 Å². The molecule has 1 amide bonds. The molecule has 0 aromatic rings. The van der Waals surface area contributed by atoms with Crippen LogP contribution < -0.4 is 10.6 Å². The number of carboxylic acids is 1. The fourth-order valence-corrected chi connectivity index (χ4v) is 2.28. The molecule has 104 valence electrons. The van der Waals surface area contributed by atoms with Gasteiger partial charge in [-0.15, -0.1) is 0 Å². The van der Waals surface area contributed by atoms with Crippen LogP contribution in [0.1, 0.15) is 46.0 Å². The number of carboxylic acid groups (broad SMARTS) is 1. The van der Waals surface area contributed by atoms with Crippen molar-refractivity contribution in [1.82, 2.24) is 10.6 Å². The third kappa shape index (κ3) is 3.22. The van der Waals surface area contributed by atoms with Crippen LogP contribution >= 0.6 is 0 Å². The molecule has 0 unspecified atom stereocenters. The molecule has 1 rings (SSSR count). The SMILES string of the molecule is CNC(C)(C)C(=O)NCC1(C(=O)O)CCCCC1. The maximum Gasteiger partial charge on any atom is 0.311 e. The van der Waals surface area contributed by atoms with Crippen molar-refractivity contribution < 1.29 is 14.7 Å². The molecule has 1 aliphatic rings. The largest absolute Gasteiger partial charge is 0.481 e. The maximum atomic E-state index is 11.9. The van der Waals surface area contributed by atoms with Crippen molar-refractivity contribution in [3.8, 4) is 0 Å². The minimum atomic E-state index is -0.787. The Balaban J connectivity index is 2.64. The zero-order valence-corrected chi connectivity index (χ0v) is 11.5. The molecule has 5 heteroatoms. The van der Waals surface area contributed by atoms with Gasteiger partial charge in [0.05, 0.1) is 11.0 Å². The third-order valence-corrected chi connectivity index (χ3v) is 4.04. The highest BCUT2D eigenvalue weighted by atomic mass is 16.4. The van der Waals surface area contributed by atoms with Crippen LogP contribution in [0.15, 0.2) is 0 Å². The van der Waals surface area contributed by atoms with E-state index in [4.69, 9.17) is 0 Å². The van der Waals surface area contributed by atoms with Crippen LogP contribution in [0.3, 0.4) is 0 Å². The number of likely N-dealkylation sites (N-methyl/N-ethyl adjacent to an activating group) is 1. The molecule has 0 radical (unpaired) electrons. The van der Waals surface area contributed by atoms with Gasteiger partial charge in [-0.3, -0.25) is 9.59 Å². The monoisotopic (exact) mass is 256 g/mol. The van der Waals surface area contributed by atoms with Gasteiger partial charge in [-0.2, -0.15) is 0 Å². The number of carbonyl (C=O) groups is 2. The summed E-state index contributed by atoms with van der Waals surface area (Å²) in [4.78, 5) is 23.4. The van der Waals surface area contributed by atoms with E-state index in [0.29, 0.717) is 12.8 Å². The lowest BCUT2D eigenvalue weighted by Gasteiger charge is -2.34. The average Bonchev–Trinajstić information content (AvgIpc) is 2.36. The Hall–Kier alpha value is -1.10. The first-order chi connectivity index (χ1) is 8.34. The topological polar surface area (TPSA) is 78.4 Å². The van der Waals surface area contributed by atoms with E-state index in [1.165, 1.54) is 0 Å². The Morgan fingerprint density at radius 1 is 1.22 bits per heavy atom. The van der Waals surface area contributed by atoms with E-state index in [0.717, 1.165) is 19.3 Å². The van der Waals surface area contributed by atoms with Crippen LogP contribution in [-0.2, 0) is 9.59 Å². The highest BCUT2D eigenvalue weighted by Crippen LogP contribution is 2.36. The van der Waals surface area contributed by atoms with Crippen LogP contribution in [-0.4, -0.2) is 36.1 Å². The summed E-state index contributed by atoms with van der Waals surface area (Å²) in [7, 11) is 1.72. The number of amides is 1. The van der Waals surface area contributed by atoms with Crippen molar-refractivity contribution in [2.75, 3.05) is 13.6 Å². The Morgan fingerprint density at radius 3 is 2.22 bits per heavy atom. The summed E-state index contributed by atoms with van der Waals surface area (Å²) in [6, 6.07) is 0. The molecule has 0 aliphatic heterocycles. The van der Waals surface area contributed by atoms with Gasteiger partial charge < -0.3 is 15.7 Å². The van der Waals surface area contributed by atoms with Gasteiger partial charge in [0.15, 0.2) is 0 Å². The predicted octanol–water partition coefficient (Wildman–Crippen LogP) is 1.14. The molecule has 1 fully saturated rings. The number of hydrogen-bond acceptors (Lipinski definition) is 3. The first-order valence-electron chi connectivity index (χ1n) is 6.55. The Labute approximate surface area is 108 Å². The van der Waals surface area contributed by atoms with Gasteiger partial charge in [0.25, 0.3) is 0 Å². The van der Waals surface area contributed by atoms with E-state index >= 15 is 0 Å². The lowest BCUT2D eigenvalue weighted by molar-refractivity contribution is -0.151. The average molecular weight is 256 g/mol. The van der Waals surface area contributed by atoms with Gasteiger partial charge in [0.2, 0.25) is 5.91 Å². The second-order valence-electron chi connectivity index (χ2n) is 5.70. The van der Waals surface area contributed by atoms with Gasteiger partial charge in [-0.1, -0.05) is 19.3 Å². The van der Waals surface area contributed by atoms with Crippen molar-refractivity contribution >= 4 is 11.9 Å². The van der Waals surface area contributed by atoms with Gasteiger partial charge in [0.1, 0.15) is 0 Å². The standard InChI is InChI=1S/C13H24N2O3/c1-12(2,14-3)10(16)15-9-13(11(17)18)7-5-4-6-8-13/h14H,4-9H2,1-3H3,(H,15,16)(H,17,18). The molecular weight excluding hydrogens is 232 g/mol. The zero-order valence-electron chi connectivity index (χ0n) is 11.5. The van der Waals surface area contributed by atoms with Crippen LogP contribution in [0.2, 0.25) is 0 Å². The molecule has 18 heavy (non-hydrogen) atoms. The summed E-state index contributed by atoms with van der Waals surface area (Å²) in [5, 5.41) is 15.1. The highest BCUT2D eigenvalue weighted by Gasteiger charge is 2.40. The van der Waals surface area contributed by atoms with E-state index < -0.39 is 16.9 Å². The van der Waals surface area contributed by atoms with Crippen molar-refractivity contribution in [2.24, 2.45) is 5.41 Å². The van der Waals surface area contributed by atoms with E-state index in [2.05, 4.69) is 10.6 Å². The van der Waals surface area contributed by atoms with Gasteiger partial charge in [0, 0.05) is 6.54 Å². The van der Waals surface area contributed by atoms with E-state index in [9.17, 15) is 14.7 Å². The predicted molar refractivity (Wildman–Crippen MR) is 69.3 cm³/mol. The molecule has 5 nitrogen and oxygen atoms in total. The quantitative estimate of drug-likeness (QED) is 0.689. The van der Waals surface area contributed by atoms with Crippen molar-refractivity contribution in [3.05, 3.63) is 0 Å². The molecule has 0 atom stereocenters. The lowest BCUT2D eigenvalue weighted by atomic mass is 9.74. The third-order valence-electron chi connectivity index (χ3n) is 4.04. The fourth-order valence-electron chi connectivity index (χ4n) is 2.28. The minimum absolute atomic E-state index is 0.156. The second kappa shape index (κ2) is 5.69. The molecule has 0 aromatic heterocycles. The summed E-state index contributed by atoms with van der Waals surface area (Å²) >= 11 is 0. The summed E-state index contributed by atoms with van der Waals surface area (Å²) in [5.74, 6) is -0.944. The van der Waals surface area contributed by atoms with E-state index in [1.807, 2.05) is 0 Å². The Morgan fingerprint density at radius 2 is 1.78 bits per heavy atom. The molecule has 0 heterocycles. The Bertz CT molecular complexity index is 320. The van der Waals surface area contributed by atoms with Gasteiger partial charge >= 0.3 is 5.97 Å². The van der Waals surface area contributed by atoms with Crippen LogP contribution in [0.5, 0.6) is 0 Å². The minimum Gasteiger partial charge on any atom is -0.481 e. The first-order valence-corrected chi connectivity index (χ1v) is 6.55. The summed E-state index contributed by atoms with van der Waals surface area (Å²) in [6.45, 7) is 3.78. The van der Waals surface area contributed by atoms with Gasteiger partial charge in [-0.05, 0) is 33.7 Å². The normalized spacial score (nSPS) is 19.3. The fraction of sp³-hybridized carbons (Fsp3) is 0.846. The summed E-state index contributed by atoms with van der Waals surface area (Å²) in [5.41, 5.74) is -1.44.